The molecule has 1 unspecified atom stereocenters. The molecule has 1 aromatic heterocycles. The highest BCUT2D eigenvalue weighted by Gasteiger charge is 2.01. The molecule has 0 fully saturated rings. The molecule has 1 aromatic rings. The Morgan fingerprint density at radius 1 is 1.62 bits per heavy atom. The highest BCUT2D eigenvalue weighted by atomic mass is 16.3. The highest BCUT2D eigenvalue weighted by molar-refractivity contribution is 5.05. The van der Waals surface area contributed by atoms with Crippen LogP contribution in [0.3, 0.4) is 0 Å². The van der Waals surface area contributed by atoms with E-state index in [2.05, 4.69) is 5.32 Å². The van der Waals surface area contributed by atoms with Crippen LogP contribution in [-0.2, 0) is 6.54 Å². The third-order valence-electron chi connectivity index (χ3n) is 1.74. The molecule has 13 heavy (non-hydrogen) atoms. The topological polar surface area (TPSA) is 71.4 Å². The summed E-state index contributed by atoms with van der Waals surface area (Å²) in [6.07, 6.45) is 0. The number of furan rings is 1. The lowest BCUT2D eigenvalue weighted by atomic mass is 10.3. The number of hydrogen-bond acceptors (Lipinski definition) is 4. The first-order valence-electron chi connectivity index (χ1n) is 4.35. The zero-order valence-electron chi connectivity index (χ0n) is 7.79. The maximum atomic E-state index is 8.65. The number of nitrogens with two attached hydrogens (primary N) is 1. The van der Waals surface area contributed by atoms with Crippen LogP contribution < -0.4 is 11.1 Å². The normalized spacial score (nSPS) is 13.2. The number of hydrogen-bond donors (Lipinski definition) is 3. The predicted octanol–water partition coefficient (Wildman–Crippen LogP) is -0.00278. The van der Waals surface area contributed by atoms with Crippen molar-refractivity contribution < 1.29 is 9.52 Å². The Morgan fingerprint density at radius 2 is 2.38 bits per heavy atom. The van der Waals surface area contributed by atoms with Crippen molar-refractivity contribution >= 4 is 0 Å². The van der Waals surface area contributed by atoms with Crippen molar-refractivity contribution in [3.05, 3.63) is 23.7 Å². The molecule has 0 bridgehead atoms. The molecule has 1 rings (SSSR count). The van der Waals surface area contributed by atoms with Crippen molar-refractivity contribution in [2.45, 2.75) is 19.5 Å². The smallest absolute Gasteiger partial charge is 0.117 e. The molecule has 4 heteroatoms. The van der Waals surface area contributed by atoms with Gasteiger partial charge in [-0.2, -0.15) is 0 Å². The Kier molecular flexibility index (Phi) is 3.95. The maximum Gasteiger partial charge on any atom is 0.117 e. The molecule has 0 aromatic carbocycles. The lowest BCUT2D eigenvalue weighted by Crippen LogP contribution is -2.36. The quantitative estimate of drug-likeness (QED) is 0.602. The van der Waals surface area contributed by atoms with E-state index >= 15 is 0 Å². The first-order valence-corrected chi connectivity index (χ1v) is 4.35. The average Bonchev–Trinajstić information content (AvgIpc) is 2.51. The van der Waals surface area contributed by atoms with Gasteiger partial charge in [-0.3, -0.25) is 0 Å². The van der Waals surface area contributed by atoms with E-state index in [-0.39, 0.29) is 12.6 Å². The van der Waals surface area contributed by atoms with Crippen LogP contribution in [-0.4, -0.2) is 24.3 Å². The van der Waals surface area contributed by atoms with Crippen LogP contribution in [0.25, 0.3) is 0 Å². The Balaban J connectivity index is 2.20. The molecule has 74 valence electrons. The van der Waals surface area contributed by atoms with E-state index in [0.717, 1.165) is 11.5 Å². The summed E-state index contributed by atoms with van der Waals surface area (Å²) in [4.78, 5) is 0. The van der Waals surface area contributed by atoms with E-state index in [9.17, 15) is 0 Å². The number of aryl methyl sites for hydroxylation is 1. The number of nitrogens with one attached hydrogen (secondary N) is 1. The lowest BCUT2D eigenvalue weighted by Gasteiger charge is -2.07. The zero-order chi connectivity index (χ0) is 9.68. The van der Waals surface area contributed by atoms with E-state index in [0.29, 0.717) is 13.1 Å². The first-order chi connectivity index (χ1) is 6.22. The lowest BCUT2D eigenvalue weighted by molar-refractivity contribution is 0.261. The molecular weight excluding hydrogens is 168 g/mol. The monoisotopic (exact) mass is 184 g/mol. The molecule has 4 N–H and O–H groups in total. The molecule has 0 amide bonds. The summed E-state index contributed by atoms with van der Waals surface area (Å²) in [6, 6.07) is 3.64. The van der Waals surface area contributed by atoms with E-state index < -0.39 is 0 Å². The van der Waals surface area contributed by atoms with Crippen LogP contribution in [0.5, 0.6) is 0 Å². The van der Waals surface area contributed by atoms with Crippen molar-refractivity contribution in [1.82, 2.24) is 5.32 Å². The fraction of sp³-hybridized carbons (Fsp3) is 0.556. The van der Waals surface area contributed by atoms with Gasteiger partial charge < -0.3 is 20.6 Å². The third kappa shape index (κ3) is 3.59. The number of aliphatic hydroxyl groups excluding tert-OH is 1. The highest BCUT2D eigenvalue weighted by Crippen LogP contribution is 2.04. The standard InChI is InChI=1S/C9H16N2O2/c1-7-2-3-9(13-7)5-11-4-8(10)6-12/h2-3,8,11-12H,4-6,10H2,1H3. The summed E-state index contributed by atoms with van der Waals surface area (Å²) in [5.41, 5.74) is 5.50. The maximum absolute atomic E-state index is 8.65. The van der Waals surface area contributed by atoms with Crippen LogP contribution in [0.15, 0.2) is 16.5 Å². The molecule has 0 aliphatic heterocycles. The van der Waals surface area contributed by atoms with Gasteiger partial charge in [-0.25, -0.2) is 0 Å². The molecule has 0 aliphatic rings. The Morgan fingerprint density at radius 3 is 2.92 bits per heavy atom. The van der Waals surface area contributed by atoms with Gasteiger partial charge in [0.15, 0.2) is 0 Å². The first kappa shape index (κ1) is 10.2. The van der Waals surface area contributed by atoms with Gasteiger partial charge in [0.1, 0.15) is 11.5 Å². The van der Waals surface area contributed by atoms with Gasteiger partial charge in [0.25, 0.3) is 0 Å². The largest absolute Gasteiger partial charge is 0.465 e. The van der Waals surface area contributed by atoms with Crippen molar-refractivity contribution in [2.75, 3.05) is 13.2 Å². The van der Waals surface area contributed by atoms with E-state index in [4.69, 9.17) is 15.3 Å². The minimum absolute atomic E-state index is 0.00415. The predicted molar refractivity (Wildman–Crippen MR) is 50.2 cm³/mol. The molecule has 0 saturated heterocycles. The van der Waals surface area contributed by atoms with Gasteiger partial charge in [-0.05, 0) is 19.1 Å². The van der Waals surface area contributed by atoms with E-state index in [1.54, 1.807) is 0 Å². The van der Waals surface area contributed by atoms with E-state index in [1.807, 2.05) is 19.1 Å². The molecule has 4 nitrogen and oxygen atoms in total. The SMILES string of the molecule is Cc1ccc(CNCC(N)CO)o1. The van der Waals surface area contributed by atoms with Gasteiger partial charge in [0.2, 0.25) is 0 Å². The average molecular weight is 184 g/mol. The second kappa shape index (κ2) is 5.01. The van der Waals surface area contributed by atoms with Crippen LogP contribution in [0, 0.1) is 6.92 Å². The molecule has 0 saturated carbocycles. The summed E-state index contributed by atoms with van der Waals surface area (Å²) in [5, 5.41) is 11.7. The van der Waals surface area contributed by atoms with Crippen LogP contribution >= 0.6 is 0 Å². The van der Waals surface area contributed by atoms with Gasteiger partial charge in [0, 0.05) is 12.6 Å². The van der Waals surface area contributed by atoms with Crippen molar-refractivity contribution in [1.29, 1.82) is 0 Å². The fourth-order valence-corrected chi connectivity index (χ4v) is 1.03. The summed E-state index contributed by atoms with van der Waals surface area (Å²) < 4.78 is 5.33. The minimum atomic E-state index is -0.198. The molecule has 0 aliphatic carbocycles. The number of aliphatic hydroxyl groups is 1. The summed E-state index contributed by atoms with van der Waals surface area (Å²) in [6.45, 7) is 3.16. The van der Waals surface area contributed by atoms with Crippen LogP contribution in [0.1, 0.15) is 11.5 Å². The zero-order valence-corrected chi connectivity index (χ0v) is 7.79. The van der Waals surface area contributed by atoms with Gasteiger partial charge in [0.05, 0.1) is 13.2 Å². The van der Waals surface area contributed by atoms with Crippen molar-refractivity contribution in [2.24, 2.45) is 5.73 Å². The summed E-state index contributed by atoms with van der Waals surface area (Å²) in [5.74, 6) is 1.80. The van der Waals surface area contributed by atoms with Gasteiger partial charge in [-0.1, -0.05) is 0 Å². The molecule has 1 atom stereocenters. The van der Waals surface area contributed by atoms with Crippen LogP contribution in [0.4, 0.5) is 0 Å². The van der Waals surface area contributed by atoms with Crippen molar-refractivity contribution in [3.8, 4) is 0 Å². The Labute approximate surface area is 77.7 Å². The fourth-order valence-electron chi connectivity index (χ4n) is 1.03. The molecule has 1 heterocycles. The van der Waals surface area contributed by atoms with Crippen molar-refractivity contribution in [3.63, 3.8) is 0 Å². The van der Waals surface area contributed by atoms with E-state index in [1.165, 1.54) is 0 Å². The Bertz CT molecular complexity index is 248. The van der Waals surface area contributed by atoms with Gasteiger partial charge in [-0.15, -0.1) is 0 Å². The second-order valence-corrected chi connectivity index (χ2v) is 3.09. The summed E-state index contributed by atoms with van der Waals surface area (Å²) in [7, 11) is 0. The number of rotatable bonds is 5. The Hall–Kier alpha value is -0.840. The summed E-state index contributed by atoms with van der Waals surface area (Å²) >= 11 is 0. The van der Waals surface area contributed by atoms with Crippen LogP contribution in [0.2, 0.25) is 0 Å². The van der Waals surface area contributed by atoms with Gasteiger partial charge >= 0.3 is 0 Å². The molecule has 0 spiro atoms. The third-order valence-corrected chi connectivity index (χ3v) is 1.74. The molecule has 0 radical (unpaired) electrons. The second-order valence-electron chi connectivity index (χ2n) is 3.09. The molecular formula is C9H16N2O2. The minimum Gasteiger partial charge on any atom is -0.465 e.